The zero-order valence-corrected chi connectivity index (χ0v) is 16.6. The number of aromatic nitrogens is 1. The minimum Gasteiger partial charge on any atom is -0.464 e. The quantitative estimate of drug-likeness (QED) is 0.599. The number of methoxy groups -OCH3 is 1. The van der Waals surface area contributed by atoms with Crippen LogP contribution in [0.2, 0.25) is 0 Å². The Morgan fingerprint density at radius 3 is 2.61 bits per heavy atom. The van der Waals surface area contributed by atoms with Gasteiger partial charge in [-0.2, -0.15) is 0 Å². The van der Waals surface area contributed by atoms with Crippen LogP contribution in [0.15, 0.2) is 35.1 Å². The third kappa shape index (κ3) is 5.42. The lowest BCUT2D eigenvalue weighted by Gasteiger charge is -2.22. The van der Waals surface area contributed by atoms with E-state index in [0.717, 1.165) is 5.56 Å². The zero-order chi connectivity index (χ0) is 20.9. The molecule has 1 atom stereocenters. The van der Waals surface area contributed by atoms with Gasteiger partial charge in [0.05, 0.1) is 7.11 Å². The fourth-order valence-electron chi connectivity index (χ4n) is 2.36. The molecule has 0 bridgehead atoms. The summed E-state index contributed by atoms with van der Waals surface area (Å²) in [6.45, 7) is 6.92. The Morgan fingerprint density at radius 1 is 1.25 bits per heavy atom. The van der Waals surface area contributed by atoms with Gasteiger partial charge in [-0.15, -0.1) is 0 Å². The van der Waals surface area contributed by atoms with Crippen LogP contribution < -0.4 is 5.32 Å². The lowest BCUT2D eigenvalue weighted by Crippen LogP contribution is -2.37. The number of amides is 1. The molecule has 0 aliphatic rings. The molecule has 0 radical (unpaired) electrons. The van der Waals surface area contributed by atoms with Gasteiger partial charge in [-0.3, -0.25) is 9.59 Å². The van der Waals surface area contributed by atoms with Gasteiger partial charge in [0.1, 0.15) is 11.5 Å². The van der Waals surface area contributed by atoms with Crippen LogP contribution in [0.3, 0.4) is 0 Å². The van der Waals surface area contributed by atoms with Crippen LogP contribution in [0.1, 0.15) is 43.7 Å². The topological polar surface area (TPSA) is 108 Å². The van der Waals surface area contributed by atoms with Gasteiger partial charge in [0.2, 0.25) is 5.91 Å². The molecule has 2 rings (SSSR count). The van der Waals surface area contributed by atoms with Gasteiger partial charge in [0, 0.05) is 12.1 Å². The van der Waals surface area contributed by atoms with Crippen LogP contribution in [0.4, 0.5) is 0 Å². The van der Waals surface area contributed by atoms with Crippen LogP contribution in [-0.2, 0) is 25.6 Å². The molecule has 8 nitrogen and oxygen atoms in total. The summed E-state index contributed by atoms with van der Waals surface area (Å²) < 4.78 is 15.2. The van der Waals surface area contributed by atoms with Crippen molar-refractivity contribution in [2.75, 3.05) is 7.11 Å². The fraction of sp³-hybridized carbons (Fsp3) is 0.400. The molecule has 0 saturated carbocycles. The molecule has 150 valence electrons. The maximum Gasteiger partial charge on any atom is 0.360 e. The van der Waals surface area contributed by atoms with Crippen molar-refractivity contribution in [2.24, 2.45) is 5.92 Å². The molecule has 0 aliphatic carbocycles. The van der Waals surface area contributed by atoms with Gasteiger partial charge in [-0.25, -0.2) is 9.78 Å². The van der Waals surface area contributed by atoms with Crippen molar-refractivity contribution in [3.8, 4) is 11.3 Å². The Morgan fingerprint density at radius 2 is 1.96 bits per heavy atom. The summed E-state index contributed by atoms with van der Waals surface area (Å²) >= 11 is 0. The van der Waals surface area contributed by atoms with E-state index in [1.807, 2.05) is 0 Å². The summed E-state index contributed by atoms with van der Waals surface area (Å²) in [6.07, 6.45) is 1.17. The summed E-state index contributed by atoms with van der Waals surface area (Å²) in [5.74, 6) is -2.27. The van der Waals surface area contributed by atoms with Crippen LogP contribution in [-0.4, -0.2) is 35.5 Å². The Labute approximate surface area is 163 Å². The summed E-state index contributed by atoms with van der Waals surface area (Å²) in [4.78, 5) is 39.9. The highest BCUT2D eigenvalue weighted by Gasteiger charge is 2.27. The molecule has 0 fully saturated rings. The van der Waals surface area contributed by atoms with E-state index in [1.54, 1.807) is 45.0 Å². The molecule has 8 heteroatoms. The van der Waals surface area contributed by atoms with E-state index in [9.17, 15) is 14.4 Å². The third-order valence-electron chi connectivity index (χ3n) is 3.76. The molecular formula is C20H24N2O6. The summed E-state index contributed by atoms with van der Waals surface area (Å²) in [7, 11) is 1.26. The average molecular weight is 388 g/mol. The highest BCUT2D eigenvalue weighted by Crippen LogP contribution is 2.24. The highest BCUT2D eigenvalue weighted by atomic mass is 16.6. The number of nitrogens with zero attached hydrogens (tertiary/aromatic N) is 1. The first kappa shape index (κ1) is 21.1. The molecule has 1 aromatic carbocycles. The predicted octanol–water partition coefficient (Wildman–Crippen LogP) is 2.72. The first-order valence-corrected chi connectivity index (χ1v) is 8.74. The normalized spacial score (nSPS) is 12.2. The number of hydrogen-bond acceptors (Lipinski definition) is 7. The molecule has 0 aliphatic heterocycles. The summed E-state index contributed by atoms with van der Waals surface area (Å²) in [5, 5.41) is 2.71. The van der Waals surface area contributed by atoms with Gasteiger partial charge in [0.25, 0.3) is 0 Å². The van der Waals surface area contributed by atoms with Gasteiger partial charge < -0.3 is 19.2 Å². The number of rotatable bonds is 6. The number of esters is 2. The van der Waals surface area contributed by atoms with Gasteiger partial charge >= 0.3 is 11.9 Å². The molecular weight excluding hydrogens is 364 g/mol. The maximum absolute atomic E-state index is 12.2. The second-order valence-electron chi connectivity index (χ2n) is 7.20. The molecule has 2 aromatic rings. The second-order valence-corrected chi connectivity index (χ2v) is 7.20. The van der Waals surface area contributed by atoms with E-state index in [4.69, 9.17) is 9.15 Å². The average Bonchev–Trinajstić information content (AvgIpc) is 3.13. The van der Waals surface area contributed by atoms with Crippen molar-refractivity contribution in [2.45, 2.75) is 39.8 Å². The van der Waals surface area contributed by atoms with Crippen molar-refractivity contribution in [3.05, 3.63) is 41.9 Å². The number of carbonyl (C=O) groups excluding carboxylic acids is 3. The number of hydrogen-bond donors (Lipinski definition) is 1. The predicted molar refractivity (Wildman–Crippen MR) is 100 cm³/mol. The van der Waals surface area contributed by atoms with Crippen molar-refractivity contribution in [1.29, 1.82) is 0 Å². The smallest absolute Gasteiger partial charge is 0.360 e. The maximum atomic E-state index is 12.2. The summed E-state index contributed by atoms with van der Waals surface area (Å²) in [5.41, 5.74) is 0.788. The van der Waals surface area contributed by atoms with Gasteiger partial charge in [-0.1, -0.05) is 18.2 Å². The third-order valence-corrected chi connectivity index (χ3v) is 3.76. The molecule has 1 unspecified atom stereocenters. The van der Waals surface area contributed by atoms with E-state index < -0.39 is 29.4 Å². The number of nitrogens with one attached hydrogen (secondary N) is 1. The van der Waals surface area contributed by atoms with Crippen molar-refractivity contribution in [3.63, 3.8) is 0 Å². The molecule has 0 spiro atoms. The standard InChI is InChI=1S/C20H24N2O6/c1-12(18(24)28-20(2,3)4)17(23)21-10-13-7-6-8-14(9-13)16-15(19(25)26-5)22-11-27-16/h6-9,11-12H,10H2,1-5H3,(H,21,23). The Kier molecular flexibility index (Phi) is 6.56. The van der Waals surface area contributed by atoms with E-state index in [1.165, 1.54) is 20.4 Å². The number of ether oxygens (including phenoxy) is 2. The Bertz CT molecular complexity index is 866. The molecule has 1 heterocycles. The Hall–Kier alpha value is -3.16. The molecule has 1 N–H and O–H groups in total. The molecule has 1 amide bonds. The summed E-state index contributed by atoms with van der Waals surface area (Å²) in [6, 6.07) is 7.07. The number of carbonyl (C=O) groups is 3. The minimum absolute atomic E-state index is 0.0715. The van der Waals surface area contributed by atoms with Crippen LogP contribution in [0.25, 0.3) is 11.3 Å². The van der Waals surface area contributed by atoms with Crippen LogP contribution >= 0.6 is 0 Å². The SMILES string of the molecule is COC(=O)c1ncoc1-c1cccc(CNC(=O)C(C)C(=O)OC(C)(C)C)c1. The van der Waals surface area contributed by atoms with Crippen LogP contribution in [0.5, 0.6) is 0 Å². The molecule has 1 aromatic heterocycles. The largest absolute Gasteiger partial charge is 0.464 e. The second kappa shape index (κ2) is 8.69. The highest BCUT2D eigenvalue weighted by molar-refractivity contribution is 5.97. The number of oxazole rings is 1. The Balaban J connectivity index is 2.06. The van der Waals surface area contributed by atoms with Gasteiger partial charge in [0.15, 0.2) is 17.8 Å². The van der Waals surface area contributed by atoms with E-state index in [-0.39, 0.29) is 18.0 Å². The van der Waals surface area contributed by atoms with Crippen LogP contribution in [0, 0.1) is 5.92 Å². The lowest BCUT2D eigenvalue weighted by atomic mass is 10.1. The van der Waals surface area contributed by atoms with Crippen molar-refractivity contribution >= 4 is 17.8 Å². The molecule has 0 saturated heterocycles. The first-order chi connectivity index (χ1) is 13.1. The van der Waals surface area contributed by atoms with E-state index in [0.29, 0.717) is 5.56 Å². The van der Waals surface area contributed by atoms with Crippen molar-refractivity contribution in [1.82, 2.24) is 10.3 Å². The van der Waals surface area contributed by atoms with E-state index >= 15 is 0 Å². The number of benzene rings is 1. The monoisotopic (exact) mass is 388 g/mol. The molecule has 28 heavy (non-hydrogen) atoms. The van der Waals surface area contributed by atoms with Gasteiger partial charge in [-0.05, 0) is 39.3 Å². The fourth-order valence-corrected chi connectivity index (χ4v) is 2.36. The van der Waals surface area contributed by atoms with E-state index in [2.05, 4.69) is 15.0 Å². The lowest BCUT2D eigenvalue weighted by molar-refractivity contribution is -0.161. The zero-order valence-electron chi connectivity index (χ0n) is 16.6. The van der Waals surface area contributed by atoms with Crippen molar-refractivity contribution < 1.29 is 28.3 Å². The first-order valence-electron chi connectivity index (χ1n) is 8.74. The minimum atomic E-state index is -0.928.